The van der Waals surface area contributed by atoms with Gasteiger partial charge in [-0.2, -0.15) is 5.10 Å². The van der Waals surface area contributed by atoms with Crippen LogP contribution in [0.25, 0.3) is 0 Å². The molecule has 0 fully saturated rings. The molecule has 0 aliphatic rings. The minimum Gasteiger partial charge on any atom is -0.493 e. The zero-order valence-electron chi connectivity index (χ0n) is 20.7. The molecule has 1 amide bonds. The van der Waals surface area contributed by atoms with Gasteiger partial charge in [0.2, 0.25) is 0 Å². The van der Waals surface area contributed by atoms with Crippen LogP contribution < -0.4 is 19.2 Å². The van der Waals surface area contributed by atoms with E-state index in [0.717, 1.165) is 15.4 Å². The Hall–Kier alpha value is -3.92. The van der Waals surface area contributed by atoms with Crippen LogP contribution in [0.4, 0.5) is 10.1 Å². The minimum atomic E-state index is -4.19. The van der Waals surface area contributed by atoms with Crippen LogP contribution in [0.3, 0.4) is 0 Å². The fourth-order valence-corrected chi connectivity index (χ4v) is 5.00. The molecule has 1 N–H and O–H groups in total. The lowest BCUT2D eigenvalue weighted by Gasteiger charge is -2.25. The maximum Gasteiger partial charge on any atom is 0.264 e. The van der Waals surface area contributed by atoms with E-state index in [1.807, 2.05) is 19.9 Å². The van der Waals surface area contributed by atoms with E-state index in [1.165, 1.54) is 56.7 Å². The van der Waals surface area contributed by atoms with Crippen LogP contribution in [0.15, 0.2) is 70.7 Å². The van der Waals surface area contributed by atoms with E-state index in [1.54, 1.807) is 19.1 Å². The molecule has 0 radical (unpaired) electrons. The maximum atomic E-state index is 13.7. The first-order chi connectivity index (χ1) is 17.0. The highest BCUT2D eigenvalue weighted by Gasteiger charge is 2.28. The molecule has 0 aliphatic carbocycles. The summed E-state index contributed by atoms with van der Waals surface area (Å²) >= 11 is 0. The normalized spacial score (nSPS) is 11.7. The molecule has 3 rings (SSSR count). The molecule has 10 heteroatoms. The van der Waals surface area contributed by atoms with Crippen molar-refractivity contribution in [3.63, 3.8) is 0 Å². The van der Waals surface area contributed by atoms with E-state index < -0.39 is 22.5 Å². The molecule has 0 atom stereocenters. The number of aryl methyl sites for hydroxylation is 2. The van der Waals surface area contributed by atoms with Crippen LogP contribution in [0.5, 0.6) is 11.5 Å². The van der Waals surface area contributed by atoms with Gasteiger partial charge in [-0.1, -0.05) is 18.2 Å². The predicted octanol–water partition coefficient (Wildman–Crippen LogP) is 4.20. The smallest absolute Gasteiger partial charge is 0.264 e. The first-order valence-corrected chi connectivity index (χ1v) is 12.4. The molecular weight excluding hydrogens is 485 g/mol. The molecule has 0 aromatic heterocycles. The number of hydrazone groups is 1. The van der Waals surface area contributed by atoms with Crippen LogP contribution in [0, 0.1) is 19.7 Å². The molecule has 190 valence electrons. The van der Waals surface area contributed by atoms with Gasteiger partial charge in [0.15, 0.2) is 11.5 Å². The molecule has 8 nitrogen and oxygen atoms in total. The average molecular weight is 514 g/mol. The van der Waals surface area contributed by atoms with Crippen molar-refractivity contribution in [1.29, 1.82) is 0 Å². The molecule has 3 aromatic carbocycles. The fourth-order valence-electron chi connectivity index (χ4n) is 3.58. The summed E-state index contributed by atoms with van der Waals surface area (Å²) in [5, 5.41) is 4.05. The second kappa shape index (κ2) is 11.2. The third-order valence-electron chi connectivity index (χ3n) is 5.33. The number of nitrogens with one attached hydrogen (secondary N) is 1. The number of methoxy groups -OCH3 is 2. The second-order valence-corrected chi connectivity index (χ2v) is 9.98. The monoisotopic (exact) mass is 513 g/mol. The molecule has 36 heavy (non-hydrogen) atoms. The Kier molecular flexibility index (Phi) is 8.31. The molecule has 0 unspecified atom stereocenters. The highest BCUT2D eigenvalue weighted by Crippen LogP contribution is 2.32. The summed E-state index contributed by atoms with van der Waals surface area (Å²) in [4.78, 5) is 12.8. The van der Waals surface area contributed by atoms with Crippen LogP contribution in [0.2, 0.25) is 0 Å². The SMILES string of the molecule is COc1ccc(S(=O)(=O)N(CC(=O)N/N=C(/C)c2ccc(F)cc2)c2cc(C)cc(C)c2)cc1OC. The van der Waals surface area contributed by atoms with Gasteiger partial charge in [-0.25, -0.2) is 18.2 Å². The number of ether oxygens (including phenoxy) is 2. The van der Waals surface area contributed by atoms with Gasteiger partial charge in [0.1, 0.15) is 12.4 Å². The fraction of sp³-hybridized carbons (Fsp3) is 0.231. The Morgan fingerprint density at radius 3 is 2.14 bits per heavy atom. The van der Waals surface area contributed by atoms with Crippen molar-refractivity contribution < 1.29 is 27.1 Å². The standard InChI is InChI=1S/C26H28FN3O5S/c1-17-12-18(2)14-22(13-17)30(36(32,33)23-10-11-24(34-4)25(15-23)35-5)16-26(31)29-28-19(3)20-6-8-21(27)9-7-20/h6-15H,16H2,1-5H3,(H,29,31)/b28-19-. The molecule has 0 heterocycles. The zero-order valence-corrected chi connectivity index (χ0v) is 21.5. The van der Waals surface area contributed by atoms with Crippen molar-refractivity contribution in [3.8, 4) is 11.5 Å². The number of nitrogens with zero attached hydrogens (tertiary/aromatic N) is 2. The number of hydrogen-bond donors (Lipinski definition) is 1. The summed E-state index contributed by atoms with van der Waals surface area (Å²) in [6, 6.07) is 15.1. The maximum absolute atomic E-state index is 13.7. The van der Waals surface area contributed by atoms with Crippen molar-refractivity contribution in [2.75, 3.05) is 25.1 Å². The van der Waals surface area contributed by atoms with Crippen molar-refractivity contribution in [3.05, 3.63) is 83.2 Å². The summed E-state index contributed by atoms with van der Waals surface area (Å²) < 4.78 is 52.1. The van der Waals surface area contributed by atoms with Crippen molar-refractivity contribution >= 4 is 27.3 Å². The Bertz CT molecular complexity index is 1370. The van der Waals surface area contributed by atoms with E-state index in [-0.39, 0.29) is 16.5 Å². The number of hydrogen-bond acceptors (Lipinski definition) is 6. The van der Waals surface area contributed by atoms with Crippen molar-refractivity contribution in [1.82, 2.24) is 5.43 Å². The van der Waals surface area contributed by atoms with Crippen molar-refractivity contribution in [2.45, 2.75) is 25.7 Å². The van der Waals surface area contributed by atoms with Crippen molar-refractivity contribution in [2.24, 2.45) is 5.10 Å². The number of anilines is 1. The number of rotatable bonds is 9. The number of amides is 1. The number of sulfonamides is 1. The number of carbonyl (C=O) groups is 1. The van der Waals surface area contributed by atoms with Crippen LogP contribution >= 0.6 is 0 Å². The van der Waals surface area contributed by atoms with Crippen LogP contribution in [-0.4, -0.2) is 40.8 Å². The van der Waals surface area contributed by atoms with Gasteiger partial charge < -0.3 is 9.47 Å². The Labute approximate surface area is 210 Å². The Balaban J connectivity index is 1.96. The molecule has 0 spiro atoms. The van der Waals surface area contributed by atoms with E-state index in [2.05, 4.69) is 10.5 Å². The summed E-state index contributed by atoms with van der Waals surface area (Å²) in [6.07, 6.45) is 0. The zero-order chi connectivity index (χ0) is 26.5. The van der Waals surface area contributed by atoms with Crippen LogP contribution in [0.1, 0.15) is 23.6 Å². The third-order valence-corrected chi connectivity index (χ3v) is 7.10. The van der Waals surface area contributed by atoms with Crippen LogP contribution in [-0.2, 0) is 14.8 Å². The summed E-state index contributed by atoms with van der Waals surface area (Å²) in [7, 11) is -1.33. The van der Waals surface area contributed by atoms with Gasteiger partial charge in [-0.05, 0) is 73.9 Å². The molecule has 3 aromatic rings. The molecule has 0 bridgehead atoms. The van der Waals surface area contributed by atoms with E-state index >= 15 is 0 Å². The summed E-state index contributed by atoms with van der Waals surface area (Å²) in [6.45, 7) is 4.80. The summed E-state index contributed by atoms with van der Waals surface area (Å²) in [5.41, 5.74) is 5.44. The second-order valence-electron chi connectivity index (χ2n) is 8.11. The van der Waals surface area contributed by atoms with Gasteiger partial charge in [0, 0.05) is 6.07 Å². The average Bonchev–Trinajstić information content (AvgIpc) is 2.85. The first kappa shape index (κ1) is 26.7. The highest BCUT2D eigenvalue weighted by atomic mass is 32.2. The Morgan fingerprint density at radius 1 is 0.944 bits per heavy atom. The number of halogens is 1. The summed E-state index contributed by atoms with van der Waals surface area (Å²) in [5.74, 6) is -0.430. The van der Waals surface area contributed by atoms with Gasteiger partial charge in [0.25, 0.3) is 15.9 Å². The number of benzene rings is 3. The lowest BCUT2D eigenvalue weighted by Crippen LogP contribution is -2.39. The topological polar surface area (TPSA) is 97.3 Å². The largest absolute Gasteiger partial charge is 0.493 e. The Morgan fingerprint density at radius 2 is 1.56 bits per heavy atom. The lowest BCUT2D eigenvalue weighted by molar-refractivity contribution is -0.119. The third kappa shape index (κ3) is 6.19. The highest BCUT2D eigenvalue weighted by molar-refractivity contribution is 7.92. The number of carbonyl (C=O) groups excluding carboxylic acids is 1. The molecule has 0 saturated carbocycles. The van der Waals surface area contributed by atoms with Gasteiger partial charge in [0.05, 0.1) is 30.5 Å². The quantitative estimate of drug-likeness (QED) is 0.342. The van der Waals surface area contributed by atoms with Gasteiger partial charge in [-0.3, -0.25) is 9.10 Å². The predicted molar refractivity (Wildman–Crippen MR) is 137 cm³/mol. The molecule has 0 aliphatic heterocycles. The first-order valence-electron chi connectivity index (χ1n) is 11.0. The van der Waals surface area contributed by atoms with E-state index in [9.17, 15) is 17.6 Å². The van der Waals surface area contributed by atoms with Gasteiger partial charge >= 0.3 is 0 Å². The lowest BCUT2D eigenvalue weighted by atomic mass is 10.1. The van der Waals surface area contributed by atoms with E-state index in [4.69, 9.17) is 9.47 Å². The molecule has 0 saturated heterocycles. The van der Waals surface area contributed by atoms with E-state index in [0.29, 0.717) is 22.7 Å². The molecular formula is C26H28FN3O5S. The minimum absolute atomic E-state index is 0.0712. The van der Waals surface area contributed by atoms with Gasteiger partial charge in [-0.15, -0.1) is 0 Å².